The van der Waals surface area contributed by atoms with Crippen LogP contribution in [0, 0.1) is 5.82 Å². The molecule has 2 aromatic carbocycles. The molecule has 0 bridgehead atoms. The van der Waals surface area contributed by atoms with Crippen LogP contribution in [0.2, 0.25) is 5.02 Å². The Morgan fingerprint density at radius 1 is 1.15 bits per heavy atom. The van der Waals surface area contributed by atoms with E-state index in [1.165, 1.54) is 29.2 Å². The maximum atomic E-state index is 14.8. The van der Waals surface area contributed by atoms with Gasteiger partial charge < -0.3 is 19.6 Å². The normalized spacial score (nSPS) is 17.8. The summed E-state index contributed by atoms with van der Waals surface area (Å²) in [6.45, 7) is 8.51. The van der Waals surface area contributed by atoms with E-state index >= 15 is 0 Å². The number of rotatable bonds is 9. The van der Waals surface area contributed by atoms with Crippen LogP contribution < -0.4 is 4.74 Å². The monoisotopic (exact) mass is 474 g/mol. The number of halogens is 2. The number of Topliss-reactive ketones (excluding diaryl/α,β-unsaturated/α-hetero) is 1. The van der Waals surface area contributed by atoms with Crippen LogP contribution in [0.5, 0.6) is 5.75 Å². The van der Waals surface area contributed by atoms with Crippen molar-refractivity contribution in [3.05, 3.63) is 70.0 Å². The van der Waals surface area contributed by atoms with Gasteiger partial charge in [-0.25, -0.2) is 4.39 Å². The average Bonchev–Trinajstić information content (AvgIpc) is 3.06. The molecule has 1 N–H and O–H groups in total. The van der Waals surface area contributed by atoms with E-state index in [4.69, 9.17) is 16.3 Å². The van der Waals surface area contributed by atoms with E-state index in [1.54, 1.807) is 18.2 Å². The molecule has 0 aromatic heterocycles. The molecule has 1 heterocycles. The summed E-state index contributed by atoms with van der Waals surface area (Å²) in [7, 11) is 0. The maximum Gasteiger partial charge on any atom is 0.295 e. The van der Waals surface area contributed by atoms with E-state index in [0.717, 1.165) is 13.1 Å². The quantitative estimate of drug-likeness (QED) is 0.325. The van der Waals surface area contributed by atoms with Gasteiger partial charge in [0.1, 0.15) is 17.3 Å². The third-order valence-corrected chi connectivity index (χ3v) is 6.09. The lowest BCUT2D eigenvalue weighted by molar-refractivity contribution is -0.140. The molecule has 0 radical (unpaired) electrons. The van der Waals surface area contributed by atoms with E-state index in [9.17, 15) is 19.1 Å². The molecule has 0 aliphatic carbocycles. The minimum absolute atomic E-state index is 0.148. The van der Waals surface area contributed by atoms with E-state index in [2.05, 4.69) is 4.90 Å². The van der Waals surface area contributed by atoms with Crippen molar-refractivity contribution < 1.29 is 23.8 Å². The van der Waals surface area contributed by atoms with Crippen molar-refractivity contribution in [1.82, 2.24) is 9.80 Å². The number of benzene rings is 2. The van der Waals surface area contributed by atoms with Crippen molar-refractivity contribution in [2.45, 2.75) is 26.8 Å². The summed E-state index contributed by atoms with van der Waals surface area (Å²) in [4.78, 5) is 29.5. The summed E-state index contributed by atoms with van der Waals surface area (Å²) in [5.41, 5.74) is 0.228. The number of carbonyl (C=O) groups excluding carboxylic acids is 2. The molecule has 33 heavy (non-hydrogen) atoms. The fraction of sp³-hybridized carbons (Fsp3) is 0.360. The Hall–Kier alpha value is -2.90. The number of aliphatic hydroxyl groups is 1. The largest absolute Gasteiger partial charge is 0.507 e. The number of aliphatic hydroxyl groups excluding tert-OH is 1. The highest BCUT2D eigenvalue weighted by atomic mass is 35.5. The van der Waals surface area contributed by atoms with Crippen LogP contribution in [0.15, 0.2) is 48.0 Å². The van der Waals surface area contributed by atoms with Crippen LogP contribution in [-0.4, -0.2) is 59.4 Å². The van der Waals surface area contributed by atoms with Gasteiger partial charge in [0.05, 0.1) is 23.2 Å². The SMILES string of the molecule is CCOc1ccc(C(O)=C2C(=O)C(=O)N(CCN(CC)CC)[C@H]2c2ccccc2F)cc1Cl. The number of likely N-dealkylation sites (N-methyl/N-ethyl adjacent to an activating group) is 1. The average molecular weight is 475 g/mol. The summed E-state index contributed by atoms with van der Waals surface area (Å²) >= 11 is 6.26. The molecule has 0 unspecified atom stereocenters. The van der Waals surface area contributed by atoms with Gasteiger partial charge in [0.2, 0.25) is 0 Å². The first-order valence-electron chi connectivity index (χ1n) is 11.0. The van der Waals surface area contributed by atoms with E-state index in [-0.39, 0.29) is 28.3 Å². The van der Waals surface area contributed by atoms with Gasteiger partial charge >= 0.3 is 0 Å². The first-order valence-corrected chi connectivity index (χ1v) is 11.4. The second-order valence-electron chi connectivity index (χ2n) is 7.62. The Morgan fingerprint density at radius 3 is 2.45 bits per heavy atom. The summed E-state index contributed by atoms with van der Waals surface area (Å²) in [6, 6.07) is 9.51. The fourth-order valence-electron chi connectivity index (χ4n) is 4.00. The van der Waals surface area contributed by atoms with Crippen molar-refractivity contribution in [2.75, 3.05) is 32.8 Å². The minimum Gasteiger partial charge on any atom is -0.507 e. The number of likely N-dealkylation sites (tertiary alicyclic amines) is 1. The molecule has 1 amide bonds. The lowest BCUT2D eigenvalue weighted by Gasteiger charge is -2.28. The molecule has 0 saturated carbocycles. The van der Waals surface area contributed by atoms with Crippen molar-refractivity contribution in [3.63, 3.8) is 0 Å². The molecule has 1 aliphatic rings. The first-order chi connectivity index (χ1) is 15.8. The molecule has 1 fully saturated rings. The summed E-state index contributed by atoms with van der Waals surface area (Å²) < 4.78 is 20.3. The fourth-order valence-corrected chi connectivity index (χ4v) is 4.23. The third-order valence-electron chi connectivity index (χ3n) is 5.80. The second kappa shape index (κ2) is 10.8. The van der Waals surface area contributed by atoms with Crippen LogP contribution in [0.25, 0.3) is 5.76 Å². The molecule has 1 aliphatic heterocycles. The second-order valence-corrected chi connectivity index (χ2v) is 8.03. The van der Waals surface area contributed by atoms with Gasteiger partial charge in [-0.05, 0) is 44.3 Å². The third kappa shape index (κ3) is 5.04. The van der Waals surface area contributed by atoms with Gasteiger partial charge in [-0.15, -0.1) is 0 Å². The number of carbonyl (C=O) groups is 2. The Balaban J connectivity index is 2.11. The highest BCUT2D eigenvalue weighted by molar-refractivity contribution is 6.46. The highest BCUT2D eigenvalue weighted by Crippen LogP contribution is 2.41. The van der Waals surface area contributed by atoms with Crippen LogP contribution in [0.1, 0.15) is 37.9 Å². The number of ether oxygens (including phenoxy) is 1. The van der Waals surface area contributed by atoms with E-state index in [0.29, 0.717) is 18.9 Å². The van der Waals surface area contributed by atoms with Gasteiger partial charge in [0.15, 0.2) is 0 Å². The first kappa shape index (κ1) is 24.7. The zero-order valence-corrected chi connectivity index (χ0v) is 19.7. The predicted molar refractivity (Wildman–Crippen MR) is 126 cm³/mol. The molecule has 6 nitrogen and oxygen atoms in total. The molecular formula is C25H28ClFN2O4. The molecule has 8 heteroatoms. The Bertz CT molecular complexity index is 1070. The molecule has 2 aromatic rings. The summed E-state index contributed by atoms with van der Waals surface area (Å²) in [5, 5.41) is 11.4. The standard InChI is InChI=1S/C25H28ClFN2O4/c1-4-28(5-2)13-14-29-22(17-9-7-8-10-19(17)27)21(24(31)25(29)32)23(30)16-11-12-20(33-6-3)18(26)15-16/h7-12,15,22,30H,4-6,13-14H2,1-3H3/t22-/m0/s1. The van der Waals surface area contributed by atoms with Crippen LogP contribution in [0.4, 0.5) is 4.39 Å². The topological polar surface area (TPSA) is 70.1 Å². The van der Waals surface area contributed by atoms with Crippen molar-refractivity contribution in [3.8, 4) is 5.75 Å². The molecule has 176 valence electrons. The summed E-state index contributed by atoms with van der Waals surface area (Å²) in [6.07, 6.45) is 0. The lowest BCUT2D eigenvalue weighted by Crippen LogP contribution is -2.38. The minimum atomic E-state index is -1.05. The number of hydrogen-bond acceptors (Lipinski definition) is 5. The van der Waals surface area contributed by atoms with Crippen molar-refractivity contribution in [1.29, 1.82) is 0 Å². The van der Waals surface area contributed by atoms with E-state index < -0.39 is 29.3 Å². The van der Waals surface area contributed by atoms with Gasteiger partial charge in [0.25, 0.3) is 11.7 Å². The molecule has 3 rings (SSSR count). The Kier molecular flexibility index (Phi) is 8.10. The van der Waals surface area contributed by atoms with Gasteiger partial charge in [-0.2, -0.15) is 0 Å². The predicted octanol–water partition coefficient (Wildman–Crippen LogP) is 4.64. The lowest BCUT2D eigenvalue weighted by atomic mass is 9.95. The molecule has 1 atom stereocenters. The smallest absolute Gasteiger partial charge is 0.295 e. The number of amides is 1. The van der Waals surface area contributed by atoms with Crippen molar-refractivity contribution in [2.24, 2.45) is 0 Å². The van der Waals surface area contributed by atoms with Crippen LogP contribution in [-0.2, 0) is 9.59 Å². The Labute approximate surface area is 198 Å². The van der Waals surface area contributed by atoms with Gasteiger partial charge in [-0.1, -0.05) is 43.6 Å². The zero-order chi connectivity index (χ0) is 24.1. The summed E-state index contributed by atoms with van der Waals surface area (Å²) in [5.74, 6) is -2.16. The zero-order valence-electron chi connectivity index (χ0n) is 19.0. The van der Waals surface area contributed by atoms with Crippen molar-refractivity contribution >= 4 is 29.1 Å². The van der Waals surface area contributed by atoms with E-state index in [1.807, 2.05) is 20.8 Å². The highest BCUT2D eigenvalue weighted by Gasteiger charge is 2.46. The van der Waals surface area contributed by atoms with Gasteiger partial charge in [-0.3, -0.25) is 9.59 Å². The number of nitrogens with zero attached hydrogens (tertiary/aromatic N) is 2. The van der Waals surface area contributed by atoms with Gasteiger partial charge in [0, 0.05) is 24.2 Å². The molecule has 1 saturated heterocycles. The number of hydrogen-bond donors (Lipinski definition) is 1. The van der Waals surface area contributed by atoms with Crippen LogP contribution >= 0.6 is 11.6 Å². The maximum absolute atomic E-state index is 14.8. The van der Waals surface area contributed by atoms with Crippen LogP contribution in [0.3, 0.4) is 0 Å². The Morgan fingerprint density at radius 2 is 1.85 bits per heavy atom. The molecule has 0 spiro atoms. The number of ketones is 1. The molecular weight excluding hydrogens is 447 g/mol.